The van der Waals surface area contributed by atoms with Gasteiger partial charge in [-0.25, -0.2) is 0 Å². The van der Waals surface area contributed by atoms with Crippen molar-refractivity contribution in [2.75, 3.05) is 20.2 Å². The molecule has 0 aromatic carbocycles. The van der Waals surface area contributed by atoms with Crippen molar-refractivity contribution in [2.24, 2.45) is 0 Å². The quantitative estimate of drug-likeness (QED) is 0.738. The van der Waals surface area contributed by atoms with Crippen LogP contribution in [0.25, 0.3) is 0 Å². The molecule has 2 rings (SSSR count). The third-order valence-corrected chi connectivity index (χ3v) is 2.77. The number of carbonyl (C=O) groups is 1. The van der Waals surface area contributed by atoms with Crippen molar-refractivity contribution in [3.63, 3.8) is 0 Å². The highest BCUT2D eigenvalue weighted by Crippen LogP contribution is 2.08. The van der Waals surface area contributed by atoms with E-state index in [1.165, 1.54) is 6.20 Å². The Bertz CT molecular complexity index is 377. The molecule has 2 atom stereocenters. The number of hydrogen-bond acceptors (Lipinski definition) is 5. The molecule has 0 bridgehead atoms. The van der Waals surface area contributed by atoms with E-state index in [1.807, 2.05) is 0 Å². The van der Waals surface area contributed by atoms with Gasteiger partial charge in [0.25, 0.3) is 5.91 Å². The Morgan fingerprint density at radius 1 is 1.69 bits per heavy atom. The molecule has 1 amide bonds. The summed E-state index contributed by atoms with van der Waals surface area (Å²) >= 11 is 0. The summed E-state index contributed by atoms with van der Waals surface area (Å²) in [5.74, 6) is 0.354. The number of methoxy groups -OCH3 is 1. The van der Waals surface area contributed by atoms with Gasteiger partial charge in [0.1, 0.15) is 11.3 Å². The molecule has 1 fully saturated rings. The van der Waals surface area contributed by atoms with E-state index in [4.69, 9.17) is 9.26 Å². The minimum absolute atomic E-state index is 0.00759. The lowest BCUT2D eigenvalue weighted by molar-refractivity contribution is 0.0779. The Kier molecular flexibility index (Phi) is 3.21. The van der Waals surface area contributed by atoms with Gasteiger partial charge in [0, 0.05) is 20.2 Å². The van der Waals surface area contributed by atoms with Crippen LogP contribution in [0.4, 0.5) is 0 Å². The predicted molar refractivity (Wildman–Crippen MR) is 56.2 cm³/mol. The SMILES string of the molecule is COC1CNCC1NC(=O)c1cnoc1C. The summed E-state index contributed by atoms with van der Waals surface area (Å²) in [6, 6.07) is -0.00759. The van der Waals surface area contributed by atoms with Crippen LogP contribution in [0.5, 0.6) is 0 Å². The maximum atomic E-state index is 11.8. The summed E-state index contributed by atoms with van der Waals surface area (Å²) in [5, 5.41) is 9.63. The fraction of sp³-hybridized carbons (Fsp3) is 0.600. The maximum Gasteiger partial charge on any atom is 0.256 e. The lowest BCUT2D eigenvalue weighted by Gasteiger charge is -2.18. The molecule has 6 heteroatoms. The number of nitrogens with one attached hydrogen (secondary N) is 2. The number of rotatable bonds is 3. The van der Waals surface area contributed by atoms with Crippen LogP contribution in [0.1, 0.15) is 16.1 Å². The Labute approximate surface area is 93.3 Å². The van der Waals surface area contributed by atoms with Gasteiger partial charge >= 0.3 is 0 Å². The number of hydrogen-bond donors (Lipinski definition) is 2. The zero-order valence-electron chi connectivity index (χ0n) is 9.32. The fourth-order valence-electron chi connectivity index (χ4n) is 1.81. The highest BCUT2D eigenvalue weighted by molar-refractivity contribution is 5.95. The highest BCUT2D eigenvalue weighted by Gasteiger charge is 2.29. The van der Waals surface area contributed by atoms with Crippen molar-refractivity contribution in [3.8, 4) is 0 Å². The first-order valence-electron chi connectivity index (χ1n) is 5.18. The van der Waals surface area contributed by atoms with E-state index in [9.17, 15) is 4.79 Å². The van der Waals surface area contributed by atoms with E-state index in [2.05, 4.69) is 15.8 Å². The molecule has 1 aliphatic rings. The van der Waals surface area contributed by atoms with Crippen molar-refractivity contribution in [2.45, 2.75) is 19.1 Å². The summed E-state index contributed by atoms with van der Waals surface area (Å²) in [4.78, 5) is 11.8. The average molecular weight is 225 g/mol. The Morgan fingerprint density at radius 3 is 3.12 bits per heavy atom. The van der Waals surface area contributed by atoms with E-state index < -0.39 is 0 Å². The summed E-state index contributed by atoms with van der Waals surface area (Å²) < 4.78 is 10.1. The molecule has 1 aromatic heterocycles. The minimum atomic E-state index is -0.172. The van der Waals surface area contributed by atoms with Crippen molar-refractivity contribution in [1.82, 2.24) is 15.8 Å². The lowest BCUT2D eigenvalue weighted by atomic mass is 10.2. The van der Waals surface area contributed by atoms with Crippen LogP contribution in [0, 0.1) is 6.92 Å². The van der Waals surface area contributed by atoms with Gasteiger partial charge in [0.05, 0.1) is 18.3 Å². The molecule has 2 N–H and O–H groups in total. The van der Waals surface area contributed by atoms with E-state index in [-0.39, 0.29) is 18.1 Å². The summed E-state index contributed by atoms with van der Waals surface area (Å²) in [6.45, 7) is 3.18. The van der Waals surface area contributed by atoms with Gasteiger partial charge in [0.15, 0.2) is 0 Å². The summed E-state index contributed by atoms with van der Waals surface area (Å²) in [5.41, 5.74) is 0.474. The van der Waals surface area contributed by atoms with E-state index >= 15 is 0 Å². The molecule has 1 aliphatic heterocycles. The van der Waals surface area contributed by atoms with Gasteiger partial charge in [0.2, 0.25) is 0 Å². The number of nitrogens with zero attached hydrogens (tertiary/aromatic N) is 1. The smallest absolute Gasteiger partial charge is 0.256 e. The number of amides is 1. The molecule has 88 valence electrons. The molecule has 6 nitrogen and oxygen atoms in total. The van der Waals surface area contributed by atoms with Gasteiger partial charge in [-0.1, -0.05) is 5.16 Å². The number of carbonyl (C=O) groups excluding carboxylic acids is 1. The molecule has 0 aliphatic carbocycles. The second-order valence-corrected chi connectivity index (χ2v) is 3.81. The second kappa shape index (κ2) is 4.63. The molecule has 1 aromatic rings. The number of aryl methyl sites for hydroxylation is 1. The molecule has 0 spiro atoms. The normalized spacial score (nSPS) is 24.6. The topological polar surface area (TPSA) is 76.4 Å². The molecule has 0 saturated carbocycles. The van der Waals surface area contributed by atoms with E-state index in [0.717, 1.165) is 6.54 Å². The van der Waals surface area contributed by atoms with Gasteiger partial charge in [-0.2, -0.15) is 0 Å². The Balaban J connectivity index is 2.00. The van der Waals surface area contributed by atoms with Crippen LogP contribution in [-0.2, 0) is 4.74 Å². The monoisotopic (exact) mass is 225 g/mol. The van der Waals surface area contributed by atoms with Crippen molar-refractivity contribution in [3.05, 3.63) is 17.5 Å². The van der Waals surface area contributed by atoms with Gasteiger partial charge < -0.3 is 19.9 Å². The maximum absolute atomic E-state index is 11.8. The molecule has 0 radical (unpaired) electrons. The van der Waals surface area contributed by atoms with Crippen molar-refractivity contribution >= 4 is 5.91 Å². The Morgan fingerprint density at radius 2 is 2.50 bits per heavy atom. The molecule has 2 heterocycles. The van der Waals surface area contributed by atoms with Crippen LogP contribution < -0.4 is 10.6 Å². The summed E-state index contributed by atoms with van der Waals surface area (Å²) in [6.07, 6.45) is 1.44. The highest BCUT2D eigenvalue weighted by atomic mass is 16.5. The van der Waals surface area contributed by atoms with Gasteiger partial charge in [-0.05, 0) is 6.92 Å². The Hall–Kier alpha value is -1.40. The zero-order chi connectivity index (χ0) is 11.5. The van der Waals surface area contributed by atoms with E-state index in [1.54, 1.807) is 14.0 Å². The first-order chi connectivity index (χ1) is 7.72. The minimum Gasteiger partial charge on any atom is -0.378 e. The number of aromatic nitrogens is 1. The molecular weight excluding hydrogens is 210 g/mol. The number of ether oxygens (including phenoxy) is 1. The largest absolute Gasteiger partial charge is 0.378 e. The van der Waals surface area contributed by atoms with Crippen LogP contribution in [0.3, 0.4) is 0 Å². The first kappa shape index (κ1) is 11.1. The first-order valence-corrected chi connectivity index (χ1v) is 5.18. The van der Waals surface area contributed by atoms with E-state index in [0.29, 0.717) is 17.9 Å². The fourth-order valence-corrected chi connectivity index (χ4v) is 1.81. The van der Waals surface area contributed by atoms with Crippen LogP contribution in [0.2, 0.25) is 0 Å². The lowest BCUT2D eigenvalue weighted by Crippen LogP contribution is -2.43. The third-order valence-electron chi connectivity index (χ3n) is 2.77. The van der Waals surface area contributed by atoms with Gasteiger partial charge in [-0.15, -0.1) is 0 Å². The summed E-state index contributed by atoms with van der Waals surface area (Å²) in [7, 11) is 1.64. The predicted octanol–water partition coefficient (Wildman–Crippen LogP) is -0.300. The molecular formula is C10H15N3O3. The zero-order valence-corrected chi connectivity index (χ0v) is 9.32. The molecule has 2 unspecified atom stereocenters. The third kappa shape index (κ3) is 2.07. The van der Waals surface area contributed by atoms with Crippen LogP contribution >= 0.6 is 0 Å². The molecule has 16 heavy (non-hydrogen) atoms. The standard InChI is InChI=1S/C10H15N3O3/c1-6-7(3-12-16-6)10(14)13-8-4-11-5-9(8)15-2/h3,8-9,11H,4-5H2,1-2H3,(H,13,14). The van der Waals surface area contributed by atoms with Crippen LogP contribution in [0.15, 0.2) is 10.7 Å². The average Bonchev–Trinajstić information content (AvgIpc) is 2.86. The van der Waals surface area contributed by atoms with Crippen LogP contribution in [-0.4, -0.2) is 43.4 Å². The van der Waals surface area contributed by atoms with Crippen molar-refractivity contribution in [1.29, 1.82) is 0 Å². The second-order valence-electron chi connectivity index (χ2n) is 3.81. The van der Waals surface area contributed by atoms with Gasteiger partial charge in [-0.3, -0.25) is 4.79 Å². The van der Waals surface area contributed by atoms with Crippen molar-refractivity contribution < 1.29 is 14.1 Å². The molecule has 1 saturated heterocycles.